The minimum atomic E-state index is -0.537. The van der Waals surface area contributed by atoms with Crippen LogP contribution < -0.4 is 5.32 Å². The fraction of sp³-hybridized carbons (Fsp3) is 0.429. The molecule has 1 aliphatic carbocycles. The summed E-state index contributed by atoms with van der Waals surface area (Å²) >= 11 is 0. The zero-order valence-corrected chi connectivity index (χ0v) is 20.1. The summed E-state index contributed by atoms with van der Waals surface area (Å²) in [6, 6.07) is 13.4. The summed E-state index contributed by atoms with van der Waals surface area (Å²) in [5, 5.41) is 2.98. The van der Waals surface area contributed by atoms with E-state index in [0.29, 0.717) is 44.3 Å². The number of Topliss-reactive ketones (excluding diaryl/α,β-unsaturated/α-hetero) is 2. The van der Waals surface area contributed by atoms with Crippen LogP contribution in [0.5, 0.6) is 0 Å². The molecule has 1 N–H and O–H groups in total. The molecule has 0 radical (unpaired) electrons. The van der Waals surface area contributed by atoms with E-state index in [1.165, 1.54) is 5.56 Å². The van der Waals surface area contributed by atoms with Gasteiger partial charge in [0.1, 0.15) is 5.78 Å². The Bertz CT molecular complexity index is 1130. The predicted octanol–water partition coefficient (Wildman–Crippen LogP) is 3.88. The summed E-state index contributed by atoms with van der Waals surface area (Å²) in [6.07, 6.45) is 1.68. The number of ketones is 2. The van der Waals surface area contributed by atoms with Gasteiger partial charge < -0.3 is 10.2 Å². The van der Waals surface area contributed by atoms with Gasteiger partial charge in [0.15, 0.2) is 5.78 Å². The second-order valence-electron chi connectivity index (χ2n) is 10.3. The van der Waals surface area contributed by atoms with Gasteiger partial charge in [-0.1, -0.05) is 57.2 Å². The molecule has 6 heteroatoms. The van der Waals surface area contributed by atoms with Gasteiger partial charge in [0.25, 0.3) is 5.91 Å². The predicted molar refractivity (Wildman–Crippen MR) is 129 cm³/mol. The summed E-state index contributed by atoms with van der Waals surface area (Å²) in [7, 11) is 0. The maximum atomic E-state index is 13.0. The first-order chi connectivity index (χ1) is 16.1. The number of amides is 2. The molecule has 6 nitrogen and oxygen atoms in total. The molecule has 1 atom stereocenters. The zero-order valence-electron chi connectivity index (χ0n) is 20.1. The fourth-order valence-corrected chi connectivity index (χ4v) is 4.74. The number of carbonyl (C=O) groups excluding carboxylic acids is 4. The molecule has 4 rings (SSSR count). The van der Waals surface area contributed by atoms with E-state index in [2.05, 4.69) is 50.4 Å². The number of benzene rings is 2. The van der Waals surface area contributed by atoms with E-state index in [-0.39, 0.29) is 35.2 Å². The third-order valence-corrected chi connectivity index (χ3v) is 6.85. The number of aryl methyl sites for hydroxylation is 1. The highest BCUT2D eigenvalue weighted by molar-refractivity contribution is 6.07. The zero-order chi connectivity index (χ0) is 24.5. The largest absolute Gasteiger partial charge is 0.352 e. The number of nitrogens with one attached hydrogen (secondary N) is 1. The van der Waals surface area contributed by atoms with Crippen LogP contribution in [-0.4, -0.2) is 34.3 Å². The van der Waals surface area contributed by atoms with Crippen LogP contribution >= 0.6 is 0 Å². The molecule has 1 saturated carbocycles. The SMILES string of the molecule is CC(C)(C)c1ccc(CCC(=O)NCc2cccc3c2CN([C@H]2CCC(=O)CC2=O)C3=O)cc1. The van der Waals surface area contributed by atoms with Gasteiger partial charge in [0.2, 0.25) is 5.91 Å². The van der Waals surface area contributed by atoms with Gasteiger partial charge >= 0.3 is 0 Å². The molecule has 2 amide bonds. The monoisotopic (exact) mass is 460 g/mol. The highest BCUT2D eigenvalue weighted by Gasteiger charge is 2.39. The number of rotatable bonds is 6. The van der Waals surface area contributed by atoms with Crippen LogP contribution in [0.25, 0.3) is 0 Å². The number of hydrogen-bond donors (Lipinski definition) is 1. The van der Waals surface area contributed by atoms with Crippen molar-refractivity contribution in [3.63, 3.8) is 0 Å². The van der Waals surface area contributed by atoms with Crippen LogP contribution in [0.3, 0.4) is 0 Å². The van der Waals surface area contributed by atoms with Crippen molar-refractivity contribution in [3.8, 4) is 0 Å². The smallest absolute Gasteiger partial charge is 0.255 e. The number of carbonyl (C=O) groups is 4. The fourth-order valence-electron chi connectivity index (χ4n) is 4.74. The normalized spacial score (nSPS) is 18.3. The molecule has 1 aliphatic heterocycles. The Morgan fingerprint density at radius 3 is 2.47 bits per heavy atom. The Hall–Kier alpha value is -3.28. The first-order valence-electron chi connectivity index (χ1n) is 12.0. The van der Waals surface area contributed by atoms with E-state index < -0.39 is 6.04 Å². The molecular formula is C28H32N2O4. The summed E-state index contributed by atoms with van der Waals surface area (Å²) in [6.45, 7) is 7.21. The average Bonchev–Trinajstić information content (AvgIpc) is 3.13. The third kappa shape index (κ3) is 5.11. The van der Waals surface area contributed by atoms with Crippen molar-refractivity contribution >= 4 is 23.4 Å². The second-order valence-corrected chi connectivity index (χ2v) is 10.3. The number of hydrogen-bond acceptors (Lipinski definition) is 4. The van der Waals surface area contributed by atoms with Crippen molar-refractivity contribution < 1.29 is 19.2 Å². The molecule has 2 aliphatic rings. The Balaban J connectivity index is 1.35. The van der Waals surface area contributed by atoms with E-state index in [4.69, 9.17) is 0 Å². The molecule has 0 bridgehead atoms. The van der Waals surface area contributed by atoms with Crippen molar-refractivity contribution in [1.82, 2.24) is 10.2 Å². The first kappa shape index (κ1) is 23.9. The van der Waals surface area contributed by atoms with E-state index >= 15 is 0 Å². The molecule has 2 aromatic rings. The van der Waals surface area contributed by atoms with Gasteiger partial charge in [-0.3, -0.25) is 19.2 Å². The van der Waals surface area contributed by atoms with Crippen LogP contribution in [0, 0.1) is 0 Å². The van der Waals surface area contributed by atoms with Gasteiger partial charge in [-0.15, -0.1) is 0 Å². The summed E-state index contributed by atoms with van der Waals surface area (Å²) in [5.41, 5.74) is 4.82. The maximum Gasteiger partial charge on any atom is 0.255 e. The lowest BCUT2D eigenvalue weighted by Crippen LogP contribution is -2.44. The first-order valence-corrected chi connectivity index (χ1v) is 12.0. The van der Waals surface area contributed by atoms with Crippen LogP contribution in [-0.2, 0) is 39.3 Å². The summed E-state index contributed by atoms with van der Waals surface area (Å²) < 4.78 is 0. The quantitative estimate of drug-likeness (QED) is 0.663. The van der Waals surface area contributed by atoms with Gasteiger partial charge in [-0.2, -0.15) is 0 Å². The Morgan fingerprint density at radius 2 is 1.79 bits per heavy atom. The standard InChI is InChI=1S/C28H32N2O4/c1-28(2,3)20-10-7-18(8-11-20)9-14-26(33)29-16-19-5-4-6-22-23(19)17-30(27(22)34)24-13-12-21(31)15-25(24)32/h4-8,10-11,24H,9,12-17H2,1-3H3,(H,29,33)/t24-/m0/s1. The minimum absolute atomic E-state index is 0.0420. The van der Waals surface area contributed by atoms with Crippen molar-refractivity contribution in [2.75, 3.05) is 0 Å². The molecule has 0 aromatic heterocycles. The van der Waals surface area contributed by atoms with Crippen LogP contribution in [0.4, 0.5) is 0 Å². The van der Waals surface area contributed by atoms with Gasteiger partial charge in [0.05, 0.1) is 12.5 Å². The lowest BCUT2D eigenvalue weighted by atomic mass is 9.86. The number of fused-ring (bicyclic) bond motifs is 1. The van der Waals surface area contributed by atoms with Crippen molar-refractivity contribution in [2.24, 2.45) is 0 Å². The minimum Gasteiger partial charge on any atom is -0.352 e. The average molecular weight is 461 g/mol. The van der Waals surface area contributed by atoms with Crippen molar-refractivity contribution in [2.45, 2.75) is 77.4 Å². The molecule has 2 aromatic carbocycles. The van der Waals surface area contributed by atoms with E-state index in [9.17, 15) is 19.2 Å². The highest BCUT2D eigenvalue weighted by Crippen LogP contribution is 2.31. The number of nitrogens with zero attached hydrogens (tertiary/aromatic N) is 1. The van der Waals surface area contributed by atoms with Crippen LogP contribution in [0.1, 0.15) is 79.1 Å². The molecule has 1 fully saturated rings. The third-order valence-electron chi connectivity index (χ3n) is 6.85. The highest BCUT2D eigenvalue weighted by atomic mass is 16.2. The lowest BCUT2D eigenvalue weighted by Gasteiger charge is -2.29. The topological polar surface area (TPSA) is 83.6 Å². The molecular weight excluding hydrogens is 428 g/mol. The Labute approximate surface area is 200 Å². The Kier molecular flexibility index (Phi) is 6.69. The lowest BCUT2D eigenvalue weighted by molar-refractivity contribution is -0.133. The summed E-state index contributed by atoms with van der Waals surface area (Å²) in [4.78, 5) is 51.0. The Morgan fingerprint density at radius 1 is 1.06 bits per heavy atom. The van der Waals surface area contributed by atoms with Crippen molar-refractivity contribution in [1.29, 1.82) is 0 Å². The van der Waals surface area contributed by atoms with E-state index in [1.54, 1.807) is 11.0 Å². The van der Waals surface area contributed by atoms with E-state index in [0.717, 1.165) is 16.7 Å². The second kappa shape index (κ2) is 9.53. The van der Waals surface area contributed by atoms with Gasteiger partial charge in [0, 0.05) is 31.5 Å². The molecule has 0 saturated heterocycles. The maximum absolute atomic E-state index is 13.0. The molecule has 34 heavy (non-hydrogen) atoms. The molecule has 1 heterocycles. The summed E-state index contributed by atoms with van der Waals surface area (Å²) in [5.74, 6) is -0.448. The van der Waals surface area contributed by atoms with Crippen LogP contribution in [0.2, 0.25) is 0 Å². The van der Waals surface area contributed by atoms with Gasteiger partial charge in [-0.05, 0) is 46.6 Å². The molecule has 0 unspecified atom stereocenters. The molecule has 0 spiro atoms. The van der Waals surface area contributed by atoms with Crippen LogP contribution in [0.15, 0.2) is 42.5 Å². The molecule has 178 valence electrons. The van der Waals surface area contributed by atoms with Crippen molar-refractivity contribution in [3.05, 3.63) is 70.3 Å². The van der Waals surface area contributed by atoms with Gasteiger partial charge in [-0.25, -0.2) is 0 Å². The van der Waals surface area contributed by atoms with E-state index in [1.807, 2.05) is 12.1 Å².